The first-order valence-corrected chi connectivity index (χ1v) is 9.05. The topological polar surface area (TPSA) is 84.5 Å². The summed E-state index contributed by atoms with van der Waals surface area (Å²) in [6, 6.07) is 6.45. The lowest BCUT2D eigenvalue weighted by atomic mass is 9.92. The van der Waals surface area contributed by atoms with Gasteiger partial charge in [-0.05, 0) is 36.6 Å². The molecule has 0 heterocycles. The molecule has 0 fully saturated rings. The summed E-state index contributed by atoms with van der Waals surface area (Å²) in [7, 11) is 0. The monoisotopic (exact) mass is 412 g/mol. The number of nitrogens with one attached hydrogen (secondary N) is 2. The van der Waals surface area contributed by atoms with Crippen LogP contribution in [0.1, 0.15) is 44.5 Å². The Hall–Kier alpha value is -1.89. The summed E-state index contributed by atoms with van der Waals surface area (Å²) in [4.78, 5) is 35.1. The smallest absolute Gasteiger partial charge is 0.338 e. The van der Waals surface area contributed by atoms with E-state index in [0.29, 0.717) is 17.9 Å². The number of carbonyl (C=O) groups is 3. The zero-order chi connectivity index (χ0) is 19.0. The first-order chi connectivity index (χ1) is 11.6. The minimum Gasteiger partial charge on any atom is -0.462 e. The molecule has 0 saturated carbocycles. The highest BCUT2D eigenvalue weighted by Crippen LogP contribution is 2.25. The molecule has 0 aromatic heterocycles. The maximum Gasteiger partial charge on any atom is 0.338 e. The molecule has 0 aliphatic rings. The zero-order valence-corrected chi connectivity index (χ0v) is 16.6. The van der Waals surface area contributed by atoms with Crippen molar-refractivity contribution in [2.75, 3.05) is 18.5 Å². The Morgan fingerprint density at radius 1 is 1.16 bits per heavy atom. The van der Waals surface area contributed by atoms with Gasteiger partial charge in [0.25, 0.3) is 0 Å². The third-order valence-corrected chi connectivity index (χ3v) is 5.11. The van der Waals surface area contributed by atoms with Crippen molar-refractivity contribution in [2.45, 2.75) is 38.9 Å². The number of benzene rings is 1. The highest BCUT2D eigenvalue weighted by molar-refractivity contribution is 9.10. The van der Waals surface area contributed by atoms with Crippen LogP contribution >= 0.6 is 15.9 Å². The van der Waals surface area contributed by atoms with E-state index in [9.17, 15) is 14.4 Å². The van der Waals surface area contributed by atoms with Gasteiger partial charge in [0.05, 0.1) is 17.0 Å². The lowest BCUT2D eigenvalue weighted by molar-refractivity contribution is -0.122. The van der Waals surface area contributed by atoms with Gasteiger partial charge in [0.15, 0.2) is 0 Å². The third-order valence-electron chi connectivity index (χ3n) is 3.32. The molecular formula is C18H25BrN2O4. The largest absolute Gasteiger partial charge is 0.462 e. The lowest BCUT2D eigenvalue weighted by Crippen LogP contribution is -2.39. The molecule has 0 aliphatic carbocycles. The van der Waals surface area contributed by atoms with E-state index in [1.165, 1.54) is 0 Å². The number of halogens is 1. The van der Waals surface area contributed by atoms with E-state index in [0.717, 1.165) is 0 Å². The Bertz CT molecular complexity index is 608. The second-order valence-electron chi connectivity index (χ2n) is 6.62. The van der Waals surface area contributed by atoms with Gasteiger partial charge in [-0.2, -0.15) is 0 Å². The Morgan fingerprint density at radius 3 is 2.28 bits per heavy atom. The molecule has 0 saturated heterocycles. The van der Waals surface area contributed by atoms with Crippen LogP contribution in [0.3, 0.4) is 0 Å². The minimum atomic E-state index is -0.397. The van der Waals surface area contributed by atoms with Gasteiger partial charge in [-0.15, -0.1) is 0 Å². The number of amides is 2. The van der Waals surface area contributed by atoms with Crippen LogP contribution in [0, 0.1) is 5.41 Å². The molecule has 6 nitrogen and oxygen atoms in total. The second-order valence-corrected chi connectivity index (χ2v) is 7.53. The molecule has 2 N–H and O–H groups in total. The number of hydrogen-bond donors (Lipinski definition) is 2. The van der Waals surface area contributed by atoms with Crippen molar-refractivity contribution in [1.29, 1.82) is 0 Å². The van der Waals surface area contributed by atoms with Crippen LogP contribution < -0.4 is 10.6 Å². The minimum absolute atomic E-state index is 0.140. The Kier molecular flexibility index (Phi) is 8.09. The summed E-state index contributed by atoms with van der Waals surface area (Å²) in [5.41, 5.74) is 0.808. The molecule has 1 unspecified atom stereocenters. The fraction of sp³-hybridized carbons (Fsp3) is 0.500. The first-order valence-electron chi connectivity index (χ1n) is 8.14. The van der Waals surface area contributed by atoms with E-state index in [1.807, 2.05) is 20.8 Å². The number of carbonyl (C=O) groups excluding carboxylic acids is 3. The molecule has 0 spiro atoms. The highest BCUT2D eigenvalue weighted by Gasteiger charge is 2.28. The molecule has 7 heteroatoms. The van der Waals surface area contributed by atoms with Crippen molar-refractivity contribution in [3.05, 3.63) is 29.8 Å². The van der Waals surface area contributed by atoms with Gasteiger partial charge >= 0.3 is 5.97 Å². The zero-order valence-electron chi connectivity index (χ0n) is 15.0. The molecule has 0 radical (unpaired) electrons. The van der Waals surface area contributed by atoms with Crippen LogP contribution in [0.25, 0.3) is 0 Å². The standard InChI is InChI=1S/C18H25BrN2O4/c1-5-25-17(24)12-6-8-13(9-7-12)21-14(22)10-11-20-16(23)15(19)18(2,3)4/h6-9,15H,5,10-11H2,1-4H3,(H,20,23)(H,21,22). The van der Waals surface area contributed by atoms with Crippen LogP contribution in [-0.2, 0) is 14.3 Å². The average Bonchev–Trinajstić information content (AvgIpc) is 2.54. The van der Waals surface area contributed by atoms with Crippen LogP contribution in [0.5, 0.6) is 0 Å². The lowest BCUT2D eigenvalue weighted by Gasteiger charge is -2.24. The van der Waals surface area contributed by atoms with E-state index < -0.39 is 5.97 Å². The second kappa shape index (κ2) is 9.56. The SMILES string of the molecule is CCOC(=O)c1ccc(NC(=O)CCNC(=O)C(Br)C(C)(C)C)cc1. The summed E-state index contributed by atoms with van der Waals surface area (Å²) in [6.45, 7) is 8.18. The number of ether oxygens (including phenoxy) is 1. The molecule has 1 rings (SSSR count). The van der Waals surface area contributed by atoms with Gasteiger partial charge in [0.1, 0.15) is 0 Å². The van der Waals surface area contributed by atoms with Crippen molar-refractivity contribution >= 4 is 39.4 Å². The summed E-state index contributed by atoms with van der Waals surface area (Å²) >= 11 is 3.36. The Morgan fingerprint density at radius 2 is 1.76 bits per heavy atom. The van der Waals surface area contributed by atoms with Crippen molar-refractivity contribution in [3.63, 3.8) is 0 Å². The molecule has 25 heavy (non-hydrogen) atoms. The van der Waals surface area contributed by atoms with Gasteiger partial charge in [0.2, 0.25) is 11.8 Å². The van der Waals surface area contributed by atoms with E-state index >= 15 is 0 Å². The molecule has 0 bridgehead atoms. The first kappa shape index (κ1) is 21.2. The molecule has 2 amide bonds. The maximum atomic E-state index is 12.0. The van der Waals surface area contributed by atoms with E-state index in [2.05, 4.69) is 26.6 Å². The molecule has 1 aromatic rings. The van der Waals surface area contributed by atoms with Crippen LogP contribution in [0.2, 0.25) is 0 Å². The number of alkyl halides is 1. The van der Waals surface area contributed by atoms with E-state index in [4.69, 9.17) is 4.74 Å². The van der Waals surface area contributed by atoms with E-state index in [1.54, 1.807) is 31.2 Å². The highest BCUT2D eigenvalue weighted by atomic mass is 79.9. The molecular weight excluding hydrogens is 388 g/mol. The third kappa shape index (κ3) is 7.25. The Balaban J connectivity index is 2.42. The molecule has 1 aromatic carbocycles. The van der Waals surface area contributed by atoms with Crippen molar-refractivity contribution in [2.24, 2.45) is 5.41 Å². The van der Waals surface area contributed by atoms with Gasteiger partial charge in [-0.3, -0.25) is 9.59 Å². The summed E-state index contributed by atoms with van der Waals surface area (Å²) in [6.07, 6.45) is 0.162. The maximum absolute atomic E-state index is 12.0. The van der Waals surface area contributed by atoms with E-state index in [-0.39, 0.29) is 35.0 Å². The fourth-order valence-corrected chi connectivity index (χ4v) is 2.07. The number of hydrogen-bond acceptors (Lipinski definition) is 4. The number of anilines is 1. The predicted octanol–water partition coefficient (Wildman–Crippen LogP) is 3.12. The average molecular weight is 413 g/mol. The summed E-state index contributed by atoms with van der Waals surface area (Å²) < 4.78 is 4.90. The molecule has 0 aliphatic heterocycles. The number of esters is 1. The van der Waals surface area contributed by atoms with Crippen molar-refractivity contribution < 1.29 is 19.1 Å². The van der Waals surface area contributed by atoms with Crippen molar-refractivity contribution in [1.82, 2.24) is 5.32 Å². The predicted molar refractivity (Wildman–Crippen MR) is 101 cm³/mol. The summed E-state index contributed by atoms with van der Waals surface area (Å²) in [5.74, 6) is -0.753. The van der Waals surface area contributed by atoms with Gasteiger partial charge in [-0.25, -0.2) is 4.79 Å². The van der Waals surface area contributed by atoms with Gasteiger partial charge in [-0.1, -0.05) is 36.7 Å². The van der Waals surface area contributed by atoms with Gasteiger partial charge < -0.3 is 15.4 Å². The normalized spacial score (nSPS) is 12.2. The fourth-order valence-electron chi connectivity index (χ4n) is 1.91. The van der Waals surface area contributed by atoms with Gasteiger partial charge in [0, 0.05) is 18.7 Å². The van der Waals surface area contributed by atoms with Crippen molar-refractivity contribution in [3.8, 4) is 0 Å². The molecule has 1 atom stereocenters. The van der Waals surface area contributed by atoms with Crippen LogP contribution in [-0.4, -0.2) is 35.8 Å². The number of rotatable bonds is 7. The quantitative estimate of drug-likeness (QED) is 0.532. The Labute approximate surface area is 156 Å². The van der Waals surface area contributed by atoms with Crippen LogP contribution in [0.4, 0.5) is 5.69 Å². The molecule has 138 valence electrons. The van der Waals surface area contributed by atoms with Crippen LogP contribution in [0.15, 0.2) is 24.3 Å². The summed E-state index contributed by atoms with van der Waals surface area (Å²) in [5, 5.41) is 5.46.